The third kappa shape index (κ3) is 7.60. The number of carbonyl (C=O) groups is 1. The van der Waals surface area contributed by atoms with Gasteiger partial charge in [0.25, 0.3) is 0 Å². The molecule has 1 aliphatic rings. The second-order valence-electron chi connectivity index (χ2n) is 6.35. The van der Waals surface area contributed by atoms with Crippen LogP contribution in [0.5, 0.6) is 0 Å². The Morgan fingerprint density at radius 1 is 0.783 bits per heavy atom. The van der Waals surface area contributed by atoms with E-state index in [1.54, 1.807) is 6.08 Å². The molecule has 0 fully saturated rings. The van der Waals surface area contributed by atoms with Crippen molar-refractivity contribution in [2.45, 2.75) is 40.0 Å². The Hall–Kier alpha value is -2.15. The standard InChI is InChI=1S/C22H28O/c1-20-16-15-18-22(2,3)21(20)17-13-11-9-7-5-4-6-8-10-12-14-19-23/h4-14,17,19H,15-16,18H2,1-3H3/b6-4+,7-5+,10-8+,11-9+,14-12+,17-13+. The van der Waals surface area contributed by atoms with Crippen LogP contribution in [0.25, 0.3) is 0 Å². The second-order valence-corrected chi connectivity index (χ2v) is 6.35. The van der Waals surface area contributed by atoms with Crippen LogP contribution in [0.2, 0.25) is 0 Å². The summed E-state index contributed by atoms with van der Waals surface area (Å²) in [5.74, 6) is 0. The molecule has 0 radical (unpaired) electrons. The van der Waals surface area contributed by atoms with Crippen molar-refractivity contribution >= 4 is 6.29 Å². The molecule has 0 unspecified atom stereocenters. The van der Waals surface area contributed by atoms with Crippen molar-refractivity contribution < 1.29 is 4.79 Å². The molecule has 0 N–H and O–H groups in total. The van der Waals surface area contributed by atoms with E-state index in [2.05, 4.69) is 39.0 Å². The van der Waals surface area contributed by atoms with Crippen molar-refractivity contribution in [3.05, 3.63) is 84.1 Å². The highest BCUT2D eigenvalue weighted by molar-refractivity contribution is 5.65. The molecule has 0 aromatic heterocycles. The van der Waals surface area contributed by atoms with Crippen LogP contribution in [-0.4, -0.2) is 6.29 Å². The summed E-state index contributed by atoms with van der Waals surface area (Å²) < 4.78 is 0. The van der Waals surface area contributed by atoms with Crippen LogP contribution < -0.4 is 0 Å². The molecule has 0 spiro atoms. The van der Waals surface area contributed by atoms with Gasteiger partial charge in [0.1, 0.15) is 6.29 Å². The molecule has 0 saturated heterocycles. The molecule has 122 valence electrons. The average Bonchev–Trinajstić information content (AvgIpc) is 2.50. The highest BCUT2D eigenvalue weighted by Gasteiger charge is 2.26. The molecular weight excluding hydrogens is 280 g/mol. The predicted octanol–water partition coefficient (Wildman–Crippen LogP) is 6.05. The molecule has 0 aromatic rings. The molecule has 1 heteroatoms. The van der Waals surface area contributed by atoms with Crippen molar-refractivity contribution in [2.75, 3.05) is 0 Å². The molecule has 1 nitrogen and oxygen atoms in total. The number of aldehydes is 1. The third-order valence-corrected chi connectivity index (χ3v) is 4.00. The van der Waals surface area contributed by atoms with Gasteiger partial charge >= 0.3 is 0 Å². The molecule has 23 heavy (non-hydrogen) atoms. The number of carbonyl (C=O) groups excluding carboxylic acids is 1. The van der Waals surface area contributed by atoms with Crippen LogP contribution in [0.15, 0.2) is 84.1 Å². The minimum Gasteiger partial charge on any atom is -0.299 e. The lowest BCUT2D eigenvalue weighted by atomic mass is 9.73. The van der Waals surface area contributed by atoms with Crippen molar-refractivity contribution in [3.8, 4) is 0 Å². The summed E-state index contributed by atoms with van der Waals surface area (Å²) in [6.45, 7) is 6.93. The Balaban J connectivity index is 2.45. The first-order valence-electron chi connectivity index (χ1n) is 8.23. The van der Waals surface area contributed by atoms with Crippen molar-refractivity contribution in [1.29, 1.82) is 0 Å². The lowest BCUT2D eigenvalue weighted by Gasteiger charge is -2.32. The van der Waals surface area contributed by atoms with E-state index < -0.39 is 0 Å². The maximum Gasteiger partial charge on any atom is 0.142 e. The zero-order valence-electron chi connectivity index (χ0n) is 14.5. The summed E-state index contributed by atoms with van der Waals surface area (Å²) in [6.07, 6.45) is 27.8. The Kier molecular flexibility index (Phi) is 8.67. The molecular formula is C22H28O. The molecule has 0 saturated carbocycles. The first-order chi connectivity index (χ1) is 11.1. The van der Waals surface area contributed by atoms with Crippen molar-refractivity contribution in [3.63, 3.8) is 0 Å². The maximum absolute atomic E-state index is 10.1. The lowest BCUT2D eigenvalue weighted by molar-refractivity contribution is -0.104. The van der Waals surface area contributed by atoms with Crippen LogP contribution in [0.3, 0.4) is 0 Å². The Labute approximate surface area is 141 Å². The summed E-state index contributed by atoms with van der Waals surface area (Å²) in [7, 11) is 0. The molecule has 0 atom stereocenters. The zero-order chi connectivity index (χ0) is 17.0. The third-order valence-electron chi connectivity index (χ3n) is 4.00. The monoisotopic (exact) mass is 308 g/mol. The topological polar surface area (TPSA) is 17.1 Å². The SMILES string of the molecule is CC1=C(/C=C/C=C/C=C/C=C/C=C/C=C/C=O)C(C)(C)CCC1. The summed E-state index contributed by atoms with van der Waals surface area (Å²) in [6, 6.07) is 0. The van der Waals surface area contributed by atoms with Gasteiger partial charge in [0, 0.05) is 0 Å². The Bertz CT molecular complexity index is 575. The fraction of sp³-hybridized carbons (Fsp3) is 0.318. The highest BCUT2D eigenvalue weighted by Crippen LogP contribution is 2.40. The summed E-state index contributed by atoms with van der Waals surface area (Å²) in [5, 5.41) is 0. The molecule has 0 heterocycles. The van der Waals surface area contributed by atoms with E-state index in [0.29, 0.717) is 5.41 Å². The second kappa shape index (κ2) is 10.6. The lowest BCUT2D eigenvalue weighted by Crippen LogP contribution is -2.18. The molecule has 0 bridgehead atoms. The van der Waals surface area contributed by atoms with E-state index in [1.165, 1.54) is 36.5 Å². The fourth-order valence-corrected chi connectivity index (χ4v) is 2.78. The maximum atomic E-state index is 10.1. The van der Waals surface area contributed by atoms with E-state index in [0.717, 1.165) is 6.29 Å². The van der Waals surface area contributed by atoms with Crippen LogP contribution in [0, 0.1) is 5.41 Å². The van der Waals surface area contributed by atoms with Crippen molar-refractivity contribution in [2.24, 2.45) is 5.41 Å². The van der Waals surface area contributed by atoms with E-state index in [1.807, 2.05) is 42.5 Å². The normalized spacial score (nSPS) is 19.6. The van der Waals surface area contributed by atoms with Gasteiger partial charge < -0.3 is 0 Å². The number of rotatable bonds is 7. The molecule has 1 aliphatic carbocycles. The van der Waals surface area contributed by atoms with Gasteiger partial charge in [-0.15, -0.1) is 0 Å². The van der Waals surface area contributed by atoms with E-state index in [4.69, 9.17) is 0 Å². The Morgan fingerprint density at radius 3 is 1.74 bits per heavy atom. The van der Waals surface area contributed by atoms with Gasteiger partial charge in [-0.3, -0.25) is 4.79 Å². The summed E-state index contributed by atoms with van der Waals surface area (Å²) in [5.41, 5.74) is 3.32. The Morgan fingerprint density at radius 2 is 1.26 bits per heavy atom. The quantitative estimate of drug-likeness (QED) is 0.318. The molecule has 0 aliphatic heterocycles. The molecule has 0 aromatic carbocycles. The van der Waals surface area contributed by atoms with Gasteiger partial charge in [0.2, 0.25) is 0 Å². The number of hydrogen-bond acceptors (Lipinski definition) is 1. The first-order valence-corrected chi connectivity index (χ1v) is 8.23. The van der Waals surface area contributed by atoms with Gasteiger partial charge in [-0.1, -0.05) is 86.3 Å². The van der Waals surface area contributed by atoms with Gasteiger partial charge in [-0.25, -0.2) is 0 Å². The van der Waals surface area contributed by atoms with Gasteiger partial charge in [0.15, 0.2) is 0 Å². The van der Waals surface area contributed by atoms with E-state index in [-0.39, 0.29) is 0 Å². The highest BCUT2D eigenvalue weighted by atomic mass is 16.1. The minimum absolute atomic E-state index is 0.301. The first kappa shape index (κ1) is 18.9. The van der Waals surface area contributed by atoms with Gasteiger partial charge in [0.05, 0.1) is 0 Å². The van der Waals surface area contributed by atoms with E-state index in [9.17, 15) is 4.79 Å². The summed E-state index contributed by atoms with van der Waals surface area (Å²) >= 11 is 0. The number of hydrogen-bond donors (Lipinski definition) is 0. The van der Waals surface area contributed by atoms with Gasteiger partial charge in [-0.2, -0.15) is 0 Å². The largest absolute Gasteiger partial charge is 0.299 e. The van der Waals surface area contributed by atoms with Crippen LogP contribution in [0.4, 0.5) is 0 Å². The van der Waals surface area contributed by atoms with Gasteiger partial charge in [-0.05, 0) is 43.3 Å². The van der Waals surface area contributed by atoms with Crippen LogP contribution in [0.1, 0.15) is 40.0 Å². The smallest absolute Gasteiger partial charge is 0.142 e. The number of allylic oxidation sites excluding steroid dienone is 14. The fourth-order valence-electron chi connectivity index (χ4n) is 2.78. The molecule has 0 amide bonds. The zero-order valence-corrected chi connectivity index (χ0v) is 14.5. The predicted molar refractivity (Wildman–Crippen MR) is 101 cm³/mol. The van der Waals surface area contributed by atoms with Crippen LogP contribution >= 0.6 is 0 Å². The van der Waals surface area contributed by atoms with Crippen LogP contribution in [-0.2, 0) is 4.79 Å². The van der Waals surface area contributed by atoms with E-state index >= 15 is 0 Å². The minimum atomic E-state index is 0.301. The average molecular weight is 308 g/mol. The van der Waals surface area contributed by atoms with Crippen molar-refractivity contribution in [1.82, 2.24) is 0 Å². The summed E-state index contributed by atoms with van der Waals surface area (Å²) in [4.78, 5) is 10.1. The molecule has 1 rings (SSSR count).